The van der Waals surface area contributed by atoms with Crippen LogP contribution in [-0.4, -0.2) is 36.2 Å². The Morgan fingerprint density at radius 1 is 1.35 bits per heavy atom. The van der Waals surface area contributed by atoms with Gasteiger partial charge < -0.3 is 10.4 Å². The highest BCUT2D eigenvalue weighted by Gasteiger charge is 2.23. The Hall–Kier alpha value is -0.520. The zero-order chi connectivity index (χ0) is 13.1. The van der Waals surface area contributed by atoms with Crippen molar-refractivity contribution in [2.24, 2.45) is 0 Å². The number of halogens is 4. The van der Waals surface area contributed by atoms with Gasteiger partial charge in [0.05, 0.1) is 6.04 Å². The van der Waals surface area contributed by atoms with Crippen molar-refractivity contribution in [2.75, 3.05) is 26.2 Å². The summed E-state index contributed by atoms with van der Waals surface area (Å²) in [5, 5.41) is 13.0. The van der Waals surface area contributed by atoms with Gasteiger partial charge in [0.25, 0.3) is 0 Å². The van der Waals surface area contributed by atoms with Gasteiger partial charge in [0.15, 0.2) is 0 Å². The van der Waals surface area contributed by atoms with Crippen LogP contribution in [0, 0.1) is 5.82 Å². The molecule has 1 aliphatic heterocycles. The number of hydrogen-bond donors (Lipinski definition) is 2. The number of benzene rings is 1. The van der Waals surface area contributed by atoms with Gasteiger partial charge >= 0.3 is 0 Å². The summed E-state index contributed by atoms with van der Waals surface area (Å²) in [5.41, 5.74) is 0.596. The van der Waals surface area contributed by atoms with Crippen molar-refractivity contribution < 1.29 is 9.50 Å². The minimum atomic E-state index is -0.610. The normalized spacial score (nSPS) is 16.7. The molecule has 0 spiro atoms. The Kier molecular flexibility index (Phi) is 8.47. The van der Waals surface area contributed by atoms with Gasteiger partial charge in [-0.15, -0.1) is 31.4 Å². The average Bonchev–Trinajstić information content (AvgIpc) is 2.41. The Labute approximate surface area is 135 Å². The summed E-state index contributed by atoms with van der Waals surface area (Å²) >= 11 is 5.73. The molecule has 2 N–H and O–H groups in total. The molecule has 2 rings (SSSR count). The largest absolute Gasteiger partial charge is 0.506 e. The minimum Gasteiger partial charge on any atom is -0.506 e. The molecule has 1 aromatic rings. The van der Waals surface area contributed by atoms with E-state index in [1.807, 2.05) is 0 Å². The molecule has 0 aromatic heterocycles. The molecule has 0 saturated carbocycles. The second-order valence-corrected chi connectivity index (χ2v) is 4.64. The van der Waals surface area contributed by atoms with E-state index in [1.165, 1.54) is 6.07 Å². The van der Waals surface area contributed by atoms with Gasteiger partial charge in [0.1, 0.15) is 16.6 Å². The quantitative estimate of drug-likeness (QED) is 0.828. The molecule has 7 heteroatoms. The van der Waals surface area contributed by atoms with Gasteiger partial charge in [-0.1, -0.05) is 23.7 Å². The fourth-order valence-electron chi connectivity index (χ4n) is 2.23. The molecule has 0 radical (unpaired) electrons. The van der Waals surface area contributed by atoms with E-state index in [1.54, 1.807) is 12.1 Å². The third kappa shape index (κ3) is 3.99. The van der Waals surface area contributed by atoms with Crippen molar-refractivity contribution in [3.8, 4) is 5.75 Å². The highest BCUT2D eigenvalue weighted by Crippen LogP contribution is 2.36. The maximum Gasteiger partial charge on any atom is 0.145 e. The standard InChI is InChI=1S/C13H16ClFN2O.2ClH/c1-2-11(17-7-5-16-6-8-17)9-3-4-10(15)12(14)13(9)18;;/h2-4,11,16,18H,1,5-8H2;2*1H/t11-;;/m0../s1. The Balaban J connectivity index is 0.00000180. The smallest absolute Gasteiger partial charge is 0.145 e. The van der Waals surface area contributed by atoms with Crippen LogP contribution >= 0.6 is 36.4 Å². The summed E-state index contributed by atoms with van der Waals surface area (Å²) in [6.07, 6.45) is 1.74. The lowest BCUT2D eigenvalue weighted by Gasteiger charge is -2.33. The first kappa shape index (κ1) is 19.5. The molecular weight excluding hydrogens is 326 g/mol. The topological polar surface area (TPSA) is 35.5 Å². The second-order valence-electron chi connectivity index (χ2n) is 4.27. The summed E-state index contributed by atoms with van der Waals surface area (Å²) in [6.45, 7) is 7.28. The number of nitrogens with zero attached hydrogens (tertiary/aromatic N) is 1. The minimum absolute atomic E-state index is 0. The highest BCUT2D eigenvalue weighted by atomic mass is 35.5. The summed E-state index contributed by atoms with van der Waals surface area (Å²) < 4.78 is 13.2. The van der Waals surface area contributed by atoms with E-state index in [0.29, 0.717) is 5.56 Å². The lowest BCUT2D eigenvalue weighted by Crippen LogP contribution is -2.44. The zero-order valence-electron chi connectivity index (χ0n) is 10.8. The zero-order valence-corrected chi connectivity index (χ0v) is 13.2. The molecule has 1 atom stereocenters. The highest BCUT2D eigenvalue weighted by molar-refractivity contribution is 6.32. The van der Waals surface area contributed by atoms with Crippen molar-refractivity contribution in [3.05, 3.63) is 41.2 Å². The maximum absolute atomic E-state index is 13.2. The van der Waals surface area contributed by atoms with Crippen LogP contribution in [0.1, 0.15) is 11.6 Å². The summed E-state index contributed by atoms with van der Waals surface area (Å²) in [7, 11) is 0. The molecule has 0 bridgehead atoms. The molecule has 114 valence electrons. The van der Waals surface area contributed by atoms with Crippen LogP contribution in [0.2, 0.25) is 5.02 Å². The lowest BCUT2D eigenvalue weighted by molar-refractivity contribution is 0.201. The Bertz CT molecular complexity index is 453. The van der Waals surface area contributed by atoms with Crippen LogP contribution in [-0.2, 0) is 0 Å². The number of hydrogen-bond acceptors (Lipinski definition) is 3. The van der Waals surface area contributed by atoms with E-state index in [4.69, 9.17) is 11.6 Å². The van der Waals surface area contributed by atoms with Gasteiger partial charge in [0.2, 0.25) is 0 Å². The summed E-state index contributed by atoms with van der Waals surface area (Å²) in [4.78, 5) is 2.17. The second kappa shape index (κ2) is 8.70. The molecule has 0 unspecified atom stereocenters. The van der Waals surface area contributed by atoms with Crippen LogP contribution in [0.25, 0.3) is 0 Å². The van der Waals surface area contributed by atoms with E-state index >= 15 is 0 Å². The predicted molar refractivity (Wildman–Crippen MR) is 85.0 cm³/mol. The van der Waals surface area contributed by atoms with E-state index in [9.17, 15) is 9.50 Å². The average molecular weight is 344 g/mol. The van der Waals surface area contributed by atoms with Gasteiger partial charge in [-0.2, -0.15) is 0 Å². The SMILES string of the molecule is C=C[C@@H](c1ccc(F)c(Cl)c1O)N1CCNCC1.Cl.Cl. The first-order valence-corrected chi connectivity index (χ1v) is 6.27. The summed E-state index contributed by atoms with van der Waals surface area (Å²) in [5.74, 6) is -0.805. The number of phenolic OH excluding ortho intramolecular Hbond substituents is 1. The molecule has 1 saturated heterocycles. The van der Waals surface area contributed by atoms with E-state index in [-0.39, 0.29) is 41.6 Å². The molecule has 0 amide bonds. The first-order chi connectivity index (χ1) is 8.65. The Morgan fingerprint density at radius 2 is 1.95 bits per heavy atom. The van der Waals surface area contributed by atoms with Crippen LogP contribution in [0.5, 0.6) is 5.75 Å². The van der Waals surface area contributed by atoms with E-state index in [2.05, 4.69) is 16.8 Å². The van der Waals surface area contributed by atoms with Crippen LogP contribution in [0.3, 0.4) is 0 Å². The van der Waals surface area contributed by atoms with Crippen molar-refractivity contribution in [1.82, 2.24) is 10.2 Å². The molecule has 1 aromatic carbocycles. The van der Waals surface area contributed by atoms with Gasteiger partial charge in [0, 0.05) is 31.7 Å². The Morgan fingerprint density at radius 3 is 2.50 bits per heavy atom. The number of phenols is 1. The molecule has 20 heavy (non-hydrogen) atoms. The van der Waals surface area contributed by atoms with E-state index < -0.39 is 5.82 Å². The predicted octanol–water partition coefficient (Wildman–Crippen LogP) is 3.16. The number of nitrogens with one attached hydrogen (secondary N) is 1. The fourth-order valence-corrected chi connectivity index (χ4v) is 2.40. The van der Waals surface area contributed by atoms with Gasteiger partial charge in [-0.3, -0.25) is 4.90 Å². The van der Waals surface area contributed by atoms with Crippen molar-refractivity contribution in [1.29, 1.82) is 0 Å². The number of aromatic hydroxyl groups is 1. The van der Waals surface area contributed by atoms with Crippen LogP contribution < -0.4 is 5.32 Å². The van der Waals surface area contributed by atoms with Gasteiger partial charge in [-0.05, 0) is 6.07 Å². The first-order valence-electron chi connectivity index (χ1n) is 5.89. The monoisotopic (exact) mass is 342 g/mol. The molecule has 1 aliphatic rings. The lowest BCUT2D eigenvalue weighted by atomic mass is 10.0. The van der Waals surface area contributed by atoms with Crippen LogP contribution in [0.4, 0.5) is 4.39 Å². The van der Waals surface area contributed by atoms with Crippen LogP contribution in [0.15, 0.2) is 24.8 Å². The van der Waals surface area contributed by atoms with E-state index in [0.717, 1.165) is 26.2 Å². The maximum atomic E-state index is 13.2. The molecular formula is C13H18Cl3FN2O. The summed E-state index contributed by atoms with van der Waals surface area (Å²) in [6, 6.07) is 2.69. The van der Waals surface area contributed by atoms with Crippen molar-refractivity contribution in [2.45, 2.75) is 6.04 Å². The third-order valence-corrected chi connectivity index (χ3v) is 3.55. The molecule has 0 aliphatic carbocycles. The van der Waals surface area contributed by atoms with Gasteiger partial charge in [-0.25, -0.2) is 4.39 Å². The third-order valence-electron chi connectivity index (χ3n) is 3.19. The van der Waals surface area contributed by atoms with Crippen molar-refractivity contribution in [3.63, 3.8) is 0 Å². The number of rotatable bonds is 3. The molecule has 1 heterocycles. The fraction of sp³-hybridized carbons (Fsp3) is 0.385. The molecule has 3 nitrogen and oxygen atoms in total. The van der Waals surface area contributed by atoms with Crippen molar-refractivity contribution >= 4 is 36.4 Å². The number of piperazine rings is 1. The molecule has 1 fully saturated rings.